The maximum atomic E-state index is 11.2. The maximum absolute atomic E-state index is 11.2. The molecule has 1 amide bonds. The van der Waals surface area contributed by atoms with E-state index in [1.54, 1.807) is 12.0 Å². The molecule has 0 saturated carbocycles. The van der Waals surface area contributed by atoms with E-state index in [0.29, 0.717) is 25.2 Å². The highest BCUT2D eigenvalue weighted by Gasteiger charge is 2.31. The summed E-state index contributed by atoms with van der Waals surface area (Å²) in [6, 6.07) is 0.366. The fourth-order valence-electron chi connectivity index (χ4n) is 2.25. The Morgan fingerprint density at radius 3 is 2.15 bits per heavy atom. The standard InChI is InChI=1S/C9H16N2O3S.C4H10O/c12-8-10-2-1-9(7-10)11-3-5-15(13,14)6-4-11;1-4(2)5-3/h8-9H,1-7H2;4H,1-3H3. The van der Waals surface area contributed by atoms with Gasteiger partial charge in [-0.3, -0.25) is 9.69 Å². The van der Waals surface area contributed by atoms with Crippen molar-refractivity contribution in [3.8, 4) is 0 Å². The molecular formula is C13H26N2O4S. The van der Waals surface area contributed by atoms with Crippen LogP contribution in [-0.4, -0.2) is 81.6 Å². The smallest absolute Gasteiger partial charge is 0.209 e. The molecule has 0 bridgehead atoms. The lowest BCUT2D eigenvalue weighted by molar-refractivity contribution is -0.117. The molecule has 2 heterocycles. The molecule has 0 radical (unpaired) electrons. The molecule has 118 valence electrons. The Bertz CT molecular complexity index is 383. The van der Waals surface area contributed by atoms with Gasteiger partial charge in [0.15, 0.2) is 9.84 Å². The average molecular weight is 306 g/mol. The number of sulfone groups is 1. The summed E-state index contributed by atoms with van der Waals surface area (Å²) in [4.78, 5) is 14.5. The molecule has 2 aliphatic rings. The van der Waals surface area contributed by atoms with Crippen molar-refractivity contribution in [2.75, 3.05) is 44.8 Å². The van der Waals surface area contributed by atoms with Crippen LogP contribution in [0.25, 0.3) is 0 Å². The van der Waals surface area contributed by atoms with Crippen LogP contribution in [0.15, 0.2) is 0 Å². The molecule has 2 rings (SSSR count). The topological polar surface area (TPSA) is 66.9 Å². The van der Waals surface area contributed by atoms with Crippen LogP contribution < -0.4 is 0 Å². The predicted octanol–water partition coefficient (Wildman–Crippen LogP) is -0.0113. The Kier molecular flexibility index (Phi) is 6.91. The number of rotatable bonds is 3. The second-order valence-electron chi connectivity index (χ2n) is 5.52. The largest absolute Gasteiger partial charge is 0.382 e. The van der Waals surface area contributed by atoms with E-state index in [1.807, 2.05) is 13.8 Å². The van der Waals surface area contributed by atoms with E-state index in [9.17, 15) is 13.2 Å². The van der Waals surface area contributed by atoms with Crippen LogP contribution in [-0.2, 0) is 19.4 Å². The van der Waals surface area contributed by atoms with Crippen LogP contribution in [0.3, 0.4) is 0 Å². The lowest BCUT2D eigenvalue weighted by atomic mass is 10.2. The maximum Gasteiger partial charge on any atom is 0.209 e. The van der Waals surface area contributed by atoms with Gasteiger partial charge in [-0.2, -0.15) is 0 Å². The summed E-state index contributed by atoms with van der Waals surface area (Å²) >= 11 is 0. The number of hydrogen-bond acceptors (Lipinski definition) is 5. The summed E-state index contributed by atoms with van der Waals surface area (Å²) in [7, 11) is -1.09. The van der Waals surface area contributed by atoms with E-state index in [0.717, 1.165) is 25.9 Å². The summed E-state index contributed by atoms with van der Waals surface area (Å²) < 4.78 is 27.2. The van der Waals surface area contributed by atoms with Crippen molar-refractivity contribution in [2.24, 2.45) is 0 Å². The number of likely N-dealkylation sites (tertiary alicyclic amines) is 1. The Morgan fingerprint density at radius 2 is 1.75 bits per heavy atom. The van der Waals surface area contributed by atoms with Crippen molar-refractivity contribution in [1.82, 2.24) is 9.80 Å². The summed E-state index contributed by atoms with van der Waals surface area (Å²) in [5.41, 5.74) is 0. The van der Waals surface area contributed by atoms with Crippen LogP contribution in [0, 0.1) is 0 Å². The van der Waals surface area contributed by atoms with Crippen molar-refractivity contribution in [2.45, 2.75) is 32.4 Å². The molecule has 2 fully saturated rings. The molecule has 0 aromatic rings. The van der Waals surface area contributed by atoms with E-state index in [4.69, 9.17) is 4.74 Å². The predicted molar refractivity (Wildman–Crippen MR) is 78.4 cm³/mol. The van der Waals surface area contributed by atoms with Gasteiger partial charge >= 0.3 is 0 Å². The van der Waals surface area contributed by atoms with E-state index >= 15 is 0 Å². The first kappa shape index (κ1) is 17.4. The quantitative estimate of drug-likeness (QED) is 0.686. The minimum atomic E-state index is -2.79. The van der Waals surface area contributed by atoms with Crippen molar-refractivity contribution in [1.29, 1.82) is 0 Å². The monoisotopic (exact) mass is 306 g/mol. The fraction of sp³-hybridized carbons (Fsp3) is 0.923. The number of nitrogens with zero attached hydrogens (tertiary/aromatic N) is 2. The molecular weight excluding hydrogens is 280 g/mol. The van der Waals surface area contributed by atoms with Crippen LogP contribution in [0.5, 0.6) is 0 Å². The van der Waals surface area contributed by atoms with E-state index in [2.05, 4.69) is 4.90 Å². The third kappa shape index (κ3) is 5.76. The van der Waals surface area contributed by atoms with E-state index < -0.39 is 9.84 Å². The van der Waals surface area contributed by atoms with Gasteiger partial charge in [0, 0.05) is 39.3 Å². The highest BCUT2D eigenvalue weighted by Crippen LogP contribution is 2.16. The molecule has 1 unspecified atom stereocenters. The van der Waals surface area contributed by atoms with Crippen LogP contribution in [0.1, 0.15) is 20.3 Å². The lowest BCUT2D eigenvalue weighted by Crippen LogP contribution is -2.46. The van der Waals surface area contributed by atoms with Crippen molar-refractivity contribution >= 4 is 16.2 Å². The van der Waals surface area contributed by atoms with Gasteiger partial charge in [-0.1, -0.05) is 0 Å². The molecule has 1 atom stereocenters. The first-order valence-corrected chi connectivity index (χ1v) is 8.86. The molecule has 2 aliphatic heterocycles. The number of ether oxygens (including phenoxy) is 1. The van der Waals surface area contributed by atoms with Gasteiger partial charge in [-0.25, -0.2) is 8.42 Å². The van der Waals surface area contributed by atoms with Crippen LogP contribution >= 0.6 is 0 Å². The average Bonchev–Trinajstić information content (AvgIpc) is 2.88. The van der Waals surface area contributed by atoms with Crippen molar-refractivity contribution < 1.29 is 17.9 Å². The molecule has 0 aromatic heterocycles. The minimum Gasteiger partial charge on any atom is -0.382 e. The van der Waals surface area contributed by atoms with Gasteiger partial charge in [-0.15, -0.1) is 0 Å². The summed E-state index contributed by atoms with van der Waals surface area (Å²) in [6.45, 7) is 6.81. The van der Waals surface area contributed by atoms with Crippen molar-refractivity contribution in [3.63, 3.8) is 0 Å². The number of carbonyl (C=O) groups is 1. The fourth-order valence-corrected chi connectivity index (χ4v) is 3.48. The summed E-state index contributed by atoms with van der Waals surface area (Å²) in [5.74, 6) is 0.537. The van der Waals surface area contributed by atoms with E-state index in [1.165, 1.54) is 0 Å². The van der Waals surface area contributed by atoms with Gasteiger partial charge in [-0.05, 0) is 20.3 Å². The molecule has 2 saturated heterocycles. The van der Waals surface area contributed by atoms with Crippen LogP contribution in [0.2, 0.25) is 0 Å². The number of carbonyl (C=O) groups excluding carboxylic acids is 1. The zero-order valence-electron chi connectivity index (χ0n) is 12.6. The van der Waals surface area contributed by atoms with Gasteiger partial charge in [0.05, 0.1) is 17.6 Å². The summed E-state index contributed by atoms with van der Waals surface area (Å²) in [5, 5.41) is 0. The normalized spacial score (nSPS) is 26.2. The third-order valence-corrected chi connectivity index (χ3v) is 5.32. The second kappa shape index (κ2) is 7.95. The molecule has 7 heteroatoms. The second-order valence-corrected chi connectivity index (χ2v) is 7.82. The minimum absolute atomic E-state index is 0.268. The van der Waals surface area contributed by atoms with E-state index in [-0.39, 0.29) is 11.5 Å². The number of methoxy groups -OCH3 is 1. The van der Waals surface area contributed by atoms with Crippen molar-refractivity contribution in [3.05, 3.63) is 0 Å². The zero-order chi connectivity index (χ0) is 15.2. The molecule has 6 nitrogen and oxygen atoms in total. The Labute approximate surface area is 122 Å². The molecule has 20 heavy (non-hydrogen) atoms. The first-order chi connectivity index (χ1) is 9.38. The molecule has 0 aromatic carbocycles. The first-order valence-electron chi connectivity index (χ1n) is 7.04. The Hall–Kier alpha value is -0.660. The van der Waals surface area contributed by atoms with Gasteiger partial charge in [0.1, 0.15) is 0 Å². The summed E-state index contributed by atoms with van der Waals surface area (Å²) in [6.07, 6.45) is 2.23. The third-order valence-electron chi connectivity index (χ3n) is 3.71. The molecule has 0 N–H and O–H groups in total. The number of amides is 1. The van der Waals surface area contributed by atoms with Crippen LogP contribution in [0.4, 0.5) is 0 Å². The zero-order valence-corrected chi connectivity index (χ0v) is 13.4. The highest BCUT2D eigenvalue weighted by atomic mass is 32.2. The van der Waals surface area contributed by atoms with Gasteiger partial charge < -0.3 is 9.64 Å². The Morgan fingerprint density at radius 1 is 1.20 bits per heavy atom. The highest BCUT2D eigenvalue weighted by molar-refractivity contribution is 7.91. The number of hydrogen-bond donors (Lipinski definition) is 0. The lowest BCUT2D eigenvalue weighted by Gasteiger charge is -2.31. The SMILES string of the molecule is COC(C)C.O=CN1CCC(N2CCS(=O)(=O)CC2)C1. The van der Waals surface area contributed by atoms with Gasteiger partial charge in [0.25, 0.3) is 0 Å². The van der Waals surface area contributed by atoms with Gasteiger partial charge in [0.2, 0.25) is 6.41 Å². The molecule has 0 aliphatic carbocycles. The Balaban J connectivity index is 0.000000347. The molecule has 0 spiro atoms.